The highest BCUT2D eigenvalue weighted by Gasteiger charge is 2.17. The molecule has 98 valence electrons. The van der Waals surface area contributed by atoms with Gasteiger partial charge in [0.25, 0.3) is 0 Å². The molecule has 1 fully saturated rings. The van der Waals surface area contributed by atoms with Crippen LogP contribution in [0.15, 0.2) is 0 Å². The lowest BCUT2D eigenvalue weighted by Crippen LogP contribution is -2.31. The van der Waals surface area contributed by atoms with Crippen LogP contribution < -0.4 is 0 Å². The van der Waals surface area contributed by atoms with E-state index in [4.69, 9.17) is 0 Å². The van der Waals surface area contributed by atoms with Gasteiger partial charge in [0.05, 0.1) is 7.11 Å². The zero-order chi connectivity index (χ0) is 12.7. The molecule has 1 aliphatic carbocycles. The predicted molar refractivity (Wildman–Crippen MR) is 65.5 cm³/mol. The number of esters is 1. The Bertz CT molecular complexity index is 259. The molecule has 0 aromatic carbocycles. The molecule has 0 atom stereocenters. The average Bonchev–Trinajstić information content (AvgIpc) is 2.36. The van der Waals surface area contributed by atoms with Crippen molar-refractivity contribution in [3.05, 3.63) is 0 Å². The fraction of sp³-hybridized carbons (Fsp3) is 0.846. The monoisotopic (exact) mass is 241 g/mol. The molecule has 0 unspecified atom stereocenters. The Labute approximate surface area is 103 Å². The van der Waals surface area contributed by atoms with Crippen LogP contribution in [0.1, 0.15) is 44.9 Å². The molecule has 0 aromatic rings. The molecule has 0 N–H and O–H groups in total. The lowest BCUT2D eigenvalue weighted by molar-refractivity contribution is -0.146. The molecule has 0 heterocycles. The van der Waals surface area contributed by atoms with Crippen LogP contribution in [0.4, 0.5) is 0 Å². The Morgan fingerprint density at radius 2 is 1.88 bits per heavy atom. The first kappa shape index (κ1) is 14.0. The van der Waals surface area contributed by atoms with Gasteiger partial charge in [-0.25, -0.2) is 0 Å². The number of hydrogen-bond acceptors (Lipinski definition) is 3. The molecule has 0 radical (unpaired) electrons. The van der Waals surface area contributed by atoms with Crippen LogP contribution in [0.2, 0.25) is 0 Å². The Hall–Kier alpha value is -1.06. The molecule has 1 amide bonds. The molecule has 0 aliphatic heterocycles. The number of nitrogens with zero attached hydrogens (tertiary/aromatic N) is 1. The summed E-state index contributed by atoms with van der Waals surface area (Å²) in [5.41, 5.74) is 0. The normalized spacial score (nSPS) is 16.6. The summed E-state index contributed by atoms with van der Waals surface area (Å²) in [7, 11) is 3.06. The minimum Gasteiger partial charge on any atom is -0.469 e. The second kappa shape index (κ2) is 7.30. The SMILES string of the molecule is COC(=O)CC(=O)N(C)CCC1CCCCC1. The summed E-state index contributed by atoms with van der Waals surface area (Å²) in [4.78, 5) is 24.2. The number of ether oxygens (including phenoxy) is 1. The molecule has 1 saturated carbocycles. The van der Waals surface area contributed by atoms with Gasteiger partial charge in [-0.15, -0.1) is 0 Å². The average molecular weight is 241 g/mol. The minimum atomic E-state index is -0.459. The Balaban J connectivity index is 2.21. The van der Waals surface area contributed by atoms with E-state index >= 15 is 0 Å². The maximum Gasteiger partial charge on any atom is 0.315 e. The van der Waals surface area contributed by atoms with E-state index in [1.54, 1.807) is 11.9 Å². The van der Waals surface area contributed by atoms with Crippen LogP contribution in [0.3, 0.4) is 0 Å². The maximum atomic E-state index is 11.6. The molecule has 0 spiro atoms. The van der Waals surface area contributed by atoms with Crippen LogP contribution in [-0.4, -0.2) is 37.5 Å². The van der Waals surface area contributed by atoms with Gasteiger partial charge in [-0.3, -0.25) is 9.59 Å². The Morgan fingerprint density at radius 3 is 2.47 bits per heavy atom. The number of amides is 1. The van der Waals surface area contributed by atoms with Gasteiger partial charge in [0, 0.05) is 13.6 Å². The van der Waals surface area contributed by atoms with E-state index in [0.717, 1.165) is 18.9 Å². The molecular formula is C13H23NO3. The van der Waals surface area contributed by atoms with E-state index in [0.29, 0.717) is 0 Å². The van der Waals surface area contributed by atoms with Crippen LogP contribution in [-0.2, 0) is 14.3 Å². The molecule has 1 rings (SSSR count). The van der Waals surface area contributed by atoms with Crippen molar-refractivity contribution in [2.45, 2.75) is 44.9 Å². The van der Waals surface area contributed by atoms with Crippen molar-refractivity contribution in [1.29, 1.82) is 0 Å². The Morgan fingerprint density at radius 1 is 1.24 bits per heavy atom. The lowest BCUT2D eigenvalue weighted by Gasteiger charge is -2.24. The van der Waals surface area contributed by atoms with Crippen LogP contribution in [0.5, 0.6) is 0 Å². The largest absolute Gasteiger partial charge is 0.469 e. The second-order valence-electron chi connectivity index (χ2n) is 4.86. The standard InChI is InChI=1S/C13H23NO3/c1-14(12(15)10-13(16)17-2)9-8-11-6-4-3-5-7-11/h11H,3-10H2,1-2H3. The van der Waals surface area contributed by atoms with Gasteiger partial charge in [-0.05, 0) is 12.3 Å². The topological polar surface area (TPSA) is 46.6 Å². The summed E-state index contributed by atoms with van der Waals surface area (Å²) in [6, 6.07) is 0. The predicted octanol–water partition coefficient (Wildman–Crippen LogP) is 1.98. The molecule has 17 heavy (non-hydrogen) atoms. The first-order valence-corrected chi connectivity index (χ1v) is 6.44. The smallest absolute Gasteiger partial charge is 0.315 e. The van der Waals surface area contributed by atoms with Crippen molar-refractivity contribution in [1.82, 2.24) is 4.90 Å². The fourth-order valence-corrected chi connectivity index (χ4v) is 2.31. The number of carbonyl (C=O) groups is 2. The van der Waals surface area contributed by atoms with Gasteiger partial charge in [0.15, 0.2) is 0 Å². The third-order valence-corrected chi connectivity index (χ3v) is 3.55. The van der Waals surface area contributed by atoms with Gasteiger partial charge in [-0.1, -0.05) is 32.1 Å². The summed E-state index contributed by atoms with van der Waals surface area (Å²) < 4.78 is 4.48. The zero-order valence-corrected chi connectivity index (χ0v) is 10.9. The van der Waals surface area contributed by atoms with Crippen molar-refractivity contribution in [3.63, 3.8) is 0 Å². The van der Waals surface area contributed by atoms with Gasteiger partial charge >= 0.3 is 5.97 Å². The lowest BCUT2D eigenvalue weighted by atomic mass is 9.87. The van der Waals surface area contributed by atoms with E-state index < -0.39 is 5.97 Å². The first-order chi connectivity index (χ1) is 8.13. The molecule has 0 saturated heterocycles. The highest BCUT2D eigenvalue weighted by atomic mass is 16.5. The van der Waals surface area contributed by atoms with E-state index in [-0.39, 0.29) is 12.3 Å². The van der Waals surface area contributed by atoms with Crippen LogP contribution >= 0.6 is 0 Å². The fourth-order valence-electron chi connectivity index (χ4n) is 2.31. The number of methoxy groups -OCH3 is 1. The summed E-state index contributed by atoms with van der Waals surface area (Å²) in [6.45, 7) is 0.750. The number of hydrogen-bond donors (Lipinski definition) is 0. The molecule has 1 aliphatic rings. The van der Waals surface area contributed by atoms with Gasteiger partial charge in [-0.2, -0.15) is 0 Å². The third kappa shape index (κ3) is 5.20. The van der Waals surface area contributed by atoms with Gasteiger partial charge in [0.2, 0.25) is 5.91 Å². The van der Waals surface area contributed by atoms with E-state index in [1.807, 2.05) is 0 Å². The van der Waals surface area contributed by atoms with Crippen molar-refractivity contribution >= 4 is 11.9 Å². The zero-order valence-electron chi connectivity index (χ0n) is 10.9. The van der Waals surface area contributed by atoms with E-state index in [2.05, 4.69) is 4.74 Å². The molecule has 0 bridgehead atoms. The maximum absolute atomic E-state index is 11.6. The summed E-state index contributed by atoms with van der Waals surface area (Å²) in [6.07, 6.45) is 7.50. The van der Waals surface area contributed by atoms with E-state index in [1.165, 1.54) is 39.2 Å². The van der Waals surface area contributed by atoms with Crippen LogP contribution in [0.25, 0.3) is 0 Å². The number of rotatable bonds is 5. The molecule has 0 aromatic heterocycles. The summed E-state index contributed by atoms with van der Waals surface area (Å²) >= 11 is 0. The number of carbonyl (C=O) groups excluding carboxylic acids is 2. The minimum absolute atomic E-state index is 0.141. The molecule has 4 nitrogen and oxygen atoms in total. The van der Waals surface area contributed by atoms with Gasteiger partial charge < -0.3 is 9.64 Å². The summed E-state index contributed by atoms with van der Waals surface area (Å²) in [5.74, 6) is 0.157. The van der Waals surface area contributed by atoms with Crippen LogP contribution in [0, 0.1) is 5.92 Å². The summed E-state index contributed by atoms with van der Waals surface area (Å²) in [5, 5.41) is 0. The molecule has 4 heteroatoms. The van der Waals surface area contributed by atoms with Crippen molar-refractivity contribution in [2.75, 3.05) is 20.7 Å². The third-order valence-electron chi connectivity index (χ3n) is 3.55. The van der Waals surface area contributed by atoms with Crippen molar-refractivity contribution in [3.8, 4) is 0 Å². The van der Waals surface area contributed by atoms with E-state index in [9.17, 15) is 9.59 Å². The quantitative estimate of drug-likeness (QED) is 0.546. The second-order valence-corrected chi connectivity index (χ2v) is 4.86. The first-order valence-electron chi connectivity index (χ1n) is 6.44. The van der Waals surface area contributed by atoms with Gasteiger partial charge in [0.1, 0.15) is 6.42 Å². The van der Waals surface area contributed by atoms with Crippen molar-refractivity contribution in [2.24, 2.45) is 5.92 Å². The highest BCUT2D eigenvalue weighted by molar-refractivity contribution is 5.94. The molecular weight excluding hydrogens is 218 g/mol. The Kier molecular flexibility index (Phi) is 6.01. The highest BCUT2D eigenvalue weighted by Crippen LogP contribution is 2.26. The van der Waals surface area contributed by atoms with Crippen molar-refractivity contribution < 1.29 is 14.3 Å².